The van der Waals surface area contributed by atoms with Crippen molar-refractivity contribution in [1.29, 1.82) is 0 Å². The molecule has 0 spiro atoms. The number of hydrogen-bond donors (Lipinski definition) is 0. The minimum atomic E-state index is 0.426. The molecule has 1 rings (SSSR count). The van der Waals surface area contributed by atoms with Crippen LogP contribution in [0.3, 0.4) is 0 Å². The number of alkyl halides is 1. The van der Waals surface area contributed by atoms with Crippen molar-refractivity contribution in [3.05, 3.63) is 0 Å². The highest BCUT2D eigenvalue weighted by molar-refractivity contribution is 6.20. The Hall–Kier alpha value is 0.290. The molecule has 0 bridgehead atoms. The van der Waals surface area contributed by atoms with E-state index in [1.807, 2.05) is 0 Å². The second kappa shape index (κ2) is 3.80. The molecule has 0 heterocycles. The van der Waals surface area contributed by atoms with Crippen LogP contribution in [0.1, 0.15) is 40.0 Å². The maximum atomic E-state index is 6.23. The summed E-state index contributed by atoms with van der Waals surface area (Å²) in [5, 5.41) is 0.426. The summed E-state index contributed by atoms with van der Waals surface area (Å²) in [4.78, 5) is 0. The molecule has 11 heavy (non-hydrogen) atoms. The molecular formula is C10H19Cl. The molecule has 0 radical (unpaired) electrons. The van der Waals surface area contributed by atoms with Crippen LogP contribution >= 0.6 is 11.6 Å². The van der Waals surface area contributed by atoms with E-state index in [1.165, 1.54) is 19.3 Å². The summed E-state index contributed by atoms with van der Waals surface area (Å²) in [6.45, 7) is 6.96. The standard InChI is InChI=1S/C10H19Cl/c1-7-4-8(2)6-10(11)9(3)5-7/h7-10H,4-6H2,1-3H3. The van der Waals surface area contributed by atoms with Gasteiger partial charge >= 0.3 is 0 Å². The molecule has 0 amide bonds. The molecule has 1 fully saturated rings. The lowest BCUT2D eigenvalue weighted by atomic mass is 9.95. The molecular weight excluding hydrogens is 156 g/mol. The Morgan fingerprint density at radius 3 is 2.09 bits per heavy atom. The van der Waals surface area contributed by atoms with E-state index in [0.29, 0.717) is 5.38 Å². The Morgan fingerprint density at radius 2 is 1.45 bits per heavy atom. The van der Waals surface area contributed by atoms with Gasteiger partial charge in [-0.25, -0.2) is 0 Å². The van der Waals surface area contributed by atoms with Crippen LogP contribution < -0.4 is 0 Å². The summed E-state index contributed by atoms with van der Waals surface area (Å²) in [5.74, 6) is 2.43. The van der Waals surface area contributed by atoms with Crippen LogP contribution in [0, 0.1) is 17.8 Å². The molecule has 1 saturated carbocycles. The second-order valence-corrected chi connectivity index (χ2v) is 4.97. The lowest BCUT2D eigenvalue weighted by Gasteiger charge is -2.15. The smallest absolute Gasteiger partial charge is 0.0364 e. The highest BCUT2D eigenvalue weighted by atomic mass is 35.5. The third kappa shape index (κ3) is 2.66. The van der Waals surface area contributed by atoms with E-state index in [9.17, 15) is 0 Å². The molecule has 4 unspecified atom stereocenters. The summed E-state index contributed by atoms with van der Waals surface area (Å²) in [6, 6.07) is 0. The summed E-state index contributed by atoms with van der Waals surface area (Å²) < 4.78 is 0. The molecule has 66 valence electrons. The van der Waals surface area contributed by atoms with Gasteiger partial charge in [-0.2, -0.15) is 0 Å². The SMILES string of the molecule is CC1CC(C)CC(Cl)C(C)C1. The molecule has 0 aromatic heterocycles. The topological polar surface area (TPSA) is 0 Å². The van der Waals surface area contributed by atoms with Gasteiger partial charge in [0.1, 0.15) is 0 Å². The Morgan fingerprint density at radius 1 is 0.909 bits per heavy atom. The molecule has 0 nitrogen and oxygen atoms in total. The van der Waals surface area contributed by atoms with E-state index < -0.39 is 0 Å². The highest BCUT2D eigenvalue weighted by Gasteiger charge is 2.24. The maximum absolute atomic E-state index is 6.23. The van der Waals surface area contributed by atoms with Crippen LogP contribution in [0.5, 0.6) is 0 Å². The van der Waals surface area contributed by atoms with Crippen molar-refractivity contribution in [3.8, 4) is 0 Å². The van der Waals surface area contributed by atoms with Gasteiger partial charge in [-0.3, -0.25) is 0 Å². The van der Waals surface area contributed by atoms with Crippen LogP contribution in [0.4, 0.5) is 0 Å². The normalized spacial score (nSPS) is 46.9. The van der Waals surface area contributed by atoms with Crippen molar-refractivity contribution >= 4 is 11.6 Å². The average molecular weight is 175 g/mol. The molecule has 0 aromatic rings. The third-order valence-electron chi connectivity index (χ3n) is 2.82. The maximum Gasteiger partial charge on any atom is 0.0364 e. The first-order valence-corrected chi connectivity index (χ1v) is 5.17. The van der Waals surface area contributed by atoms with Gasteiger partial charge in [0.25, 0.3) is 0 Å². The predicted octanol–water partition coefficient (Wildman–Crippen LogP) is 3.69. The molecule has 0 aromatic carbocycles. The van der Waals surface area contributed by atoms with Crippen LogP contribution in [-0.4, -0.2) is 5.38 Å². The van der Waals surface area contributed by atoms with Gasteiger partial charge in [0.05, 0.1) is 0 Å². The van der Waals surface area contributed by atoms with Crippen molar-refractivity contribution in [2.75, 3.05) is 0 Å². The molecule has 1 aliphatic carbocycles. The summed E-state index contributed by atoms with van der Waals surface area (Å²) in [5.41, 5.74) is 0. The van der Waals surface area contributed by atoms with Gasteiger partial charge in [-0.15, -0.1) is 11.6 Å². The van der Waals surface area contributed by atoms with E-state index in [4.69, 9.17) is 11.6 Å². The summed E-state index contributed by atoms with van der Waals surface area (Å²) in [7, 11) is 0. The fraction of sp³-hybridized carbons (Fsp3) is 1.00. The number of rotatable bonds is 0. The fourth-order valence-corrected chi connectivity index (χ4v) is 2.69. The van der Waals surface area contributed by atoms with Gasteiger partial charge in [0.15, 0.2) is 0 Å². The van der Waals surface area contributed by atoms with Gasteiger partial charge in [-0.1, -0.05) is 20.8 Å². The van der Waals surface area contributed by atoms with E-state index in [2.05, 4.69) is 20.8 Å². The Labute approximate surface area is 75.3 Å². The molecule has 1 aliphatic rings. The minimum Gasteiger partial charge on any atom is -0.123 e. The van der Waals surface area contributed by atoms with Gasteiger partial charge in [0, 0.05) is 5.38 Å². The zero-order valence-electron chi connectivity index (χ0n) is 7.81. The second-order valence-electron chi connectivity index (χ2n) is 4.41. The predicted molar refractivity (Wildman–Crippen MR) is 51.0 cm³/mol. The van der Waals surface area contributed by atoms with Crippen LogP contribution in [-0.2, 0) is 0 Å². The van der Waals surface area contributed by atoms with Crippen LogP contribution in [0.15, 0.2) is 0 Å². The molecule has 0 N–H and O–H groups in total. The Balaban J connectivity index is 2.51. The van der Waals surface area contributed by atoms with Gasteiger partial charge in [0.2, 0.25) is 0 Å². The average Bonchev–Trinajstić information content (AvgIpc) is 1.93. The first kappa shape index (κ1) is 9.38. The zero-order chi connectivity index (χ0) is 8.43. The Bertz CT molecular complexity index is 108. The van der Waals surface area contributed by atoms with Gasteiger partial charge < -0.3 is 0 Å². The van der Waals surface area contributed by atoms with Gasteiger partial charge in [-0.05, 0) is 37.0 Å². The fourth-order valence-electron chi connectivity index (χ4n) is 2.28. The third-order valence-corrected chi connectivity index (χ3v) is 3.43. The molecule has 0 aliphatic heterocycles. The zero-order valence-corrected chi connectivity index (χ0v) is 8.56. The number of hydrogen-bond acceptors (Lipinski definition) is 0. The lowest BCUT2D eigenvalue weighted by Crippen LogP contribution is -2.11. The van der Waals surface area contributed by atoms with Crippen molar-refractivity contribution in [3.63, 3.8) is 0 Å². The minimum absolute atomic E-state index is 0.426. The van der Waals surface area contributed by atoms with Crippen molar-refractivity contribution in [2.24, 2.45) is 17.8 Å². The Kier molecular flexibility index (Phi) is 3.24. The van der Waals surface area contributed by atoms with E-state index in [-0.39, 0.29) is 0 Å². The molecule has 1 heteroatoms. The highest BCUT2D eigenvalue weighted by Crippen LogP contribution is 2.33. The molecule has 4 atom stereocenters. The largest absolute Gasteiger partial charge is 0.123 e. The van der Waals surface area contributed by atoms with E-state index in [1.54, 1.807) is 0 Å². The monoisotopic (exact) mass is 174 g/mol. The lowest BCUT2D eigenvalue weighted by molar-refractivity contribution is 0.405. The van der Waals surface area contributed by atoms with Crippen molar-refractivity contribution < 1.29 is 0 Å². The van der Waals surface area contributed by atoms with Crippen LogP contribution in [0.25, 0.3) is 0 Å². The van der Waals surface area contributed by atoms with Crippen molar-refractivity contribution in [2.45, 2.75) is 45.4 Å². The summed E-state index contributed by atoms with van der Waals surface area (Å²) in [6.07, 6.45) is 3.90. The number of halogens is 1. The quantitative estimate of drug-likeness (QED) is 0.388. The van der Waals surface area contributed by atoms with Crippen molar-refractivity contribution in [1.82, 2.24) is 0 Å². The first-order chi connectivity index (χ1) is 5.09. The molecule has 0 saturated heterocycles. The van der Waals surface area contributed by atoms with E-state index >= 15 is 0 Å². The van der Waals surface area contributed by atoms with E-state index in [0.717, 1.165) is 17.8 Å². The summed E-state index contributed by atoms with van der Waals surface area (Å²) >= 11 is 6.23. The van der Waals surface area contributed by atoms with Crippen LogP contribution in [0.2, 0.25) is 0 Å². The first-order valence-electron chi connectivity index (χ1n) is 4.73.